The highest BCUT2D eigenvalue weighted by atomic mass is 32.2. The summed E-state index contributed by atoms with van der Waals surface area (Å²) in [4.78, 5) is 9.45. The second-order valence-corrected chi connectivity index (χ2v) is 12.7. The maximum Gasteiger partial charge on any atom is 0.241 e. The number of pyridine rings is 1. The quantitative estimate of drug-likeness (QED) is 0.448. The number of anilines is 1. The lowest BCUT2D eigenvalue weighted by molar-refractivity contribution is 0.221. The van der Waals surface area contributed by atoms with Gasteiger partial charge in [0.05, 0.1) is 10.9 Å². The molecule has 0 unspecified atom stereocenters. The van der Waals surface area contributed by atoms with Crippen LogP contribution in [0.2, 0.25) is 0 Å². The molecule has 1 aromatic carbocycles. The molecule has 2 N–H and O–H groups in total. The third-order valence-corrected chi connectivity index (χ3v) is 8.84. The number of aryl methyl sites for hydroxylation is 1. The van der Waals surface area contributed by atoms with Crippen molar-refractivity contribution < 1.29 is 12.8 Å². The van der Waals surface area contributed by atoms with Crippen molar-refractivity contribution in [2.24, 2.45) is 5.92 Å². The third kappa shape index (κ3) is 4.56. The number of alkyl halides is 1. The molecule has 35 heavy (non-hydrogen) atoms. The molecular formula is C26H32FN5O2S. The molecule has 9 heteroatoms. The van der Waals surface area contributed by atoms with Crippen LogP contribution >= 0.6 is 0 Å². The number of fused-ring (bicyclic) bond motifs is 3. The second-order valence-electron chi connectivity index (χ2n) is 11.0. The summed E-state index contributed by atoms with van der Waals surface area (Å²) < 4.78 is 45.9. The highest BCUT2D eigenvalue weighted by Gasteiger charge is 2.33. The van der Waals surface area contributed by atoms with Gasteiger partial charge in [-0.1, -0.05) is 0 Å². The van der Waals surface area contributed by atoms with Crippen molar-refractivity contribution in [3.63, 3.8) is 0 Å². The fourth-order valence-electron chi connectivity index (χ4n) is 5.11. The molecule has 0 aliphatic heterocycles. The summed E-state index contributed by atoms with van der Waals surface area (Å²) in [7, 11) is -3.94. The van der Waals surface area contributed by atoms with Crippen LogP contribution in [-0.2, 0) is 16.4 Å². The van der Waals surface area contributed by atoms with E-state index in [2.05, 4.69) is 19.6 Å². The van der Waals surface area contributed by atoms with Crippen molar-refractivity contribution in [1.82, 2.24) is 19.3 Å². The zero-order chi connectivity index (χ0) is 24.4. The molecule has 186 valence electrons. The first kappa shape index (κ1) is 22.9. The lowest BCUT2D eigenvalue weighted by Crippen LogP contribution is -2.35. The van der Waals surface area contributed by atoms with Gasteiger partial charge in [0.15, 0.2) is 0 Å². The van der Waals surface area contributed by atoms with Crippen molar-refractivity contribution in [1.29, 1.82) is 0 Å². The van der Waals surface area contributed by atoms with Gasteiger partial charge in [-0.3, -0.25) is 4.98 Å². The summed E-state index contributed by atoms with van der Waals surface area (Å²) in [6.45, 7) is 3.37. The van der Waals surface area contributed by atoms with E-state index < -0.39 is 15.7 Å². The number of nitrogens with one attached hydrogen (secondary N) is 2. The summed E-state index contributed by atoms with van der Waals surface area (Å²) in [5.74, 6) is 1.94. The number of rotatable bonds is 9. The van der Waals surface area contributed by atoms with Crippen LogP contribution in [0, 0.1) is 5.92 Å². The van der Waals surface area contributed by atoms with Crippen LogP contribution in [0.25, 0.3) is 10.8 Å². The van der Waals surface area contributed by atoms with Gasteiger partial charge < -0.3 is 9.88 Å². The maximum atomic E-state index is 14.2. The average molecular weight is 498 g/mol. The third-order valence-electron chi connectivity index (χ3n) is 7.40. The predicted molar refractivity (Wildman–Crippen MR) is 134 cm³/mol. The summed E-state index contributed by atoms with van der Waals surface area (Å²) in [6, 6.07) is 3.73. The van der Waals surface area contributed by atoms with Crippen LogP contribution in [0.3, 0.4) is 0 Å². The Morgan fingerprint density at radius 3 is 2.63 bits per heavy atom. The van der Waals surface area contributed by atoms with E-state index in [4.69, 9.17) is 4.98 Å². The number of sulfonamides is 1. The van der Waals surface area contributed by atoms with E-state index in [-0.39, 0.29) is 17.5 Å². The van der Waals surface area contributed by atoms with Gasteiger partial charge >= 0.3 is 0 Å². The van der Waals surface area contributed by atoms with E-state index in [0.717, 1.165) is 60.4 Å². The largest absolute Gasteiger partial charge is 0.355 e. The minimum absolute atomic E-state index is 0.0201. The molecule has 6 rings (SSSR count). The Bertz CT molecular complexity index is 1390. The van der Waals surface area contributed by atoms with Crippen molar-refractivity contribution in [3.8, 4) is 0 Å². The van der Waals surface area contributed by atoms with E-state index in [0.29, 0.717) is 17.2 Å². The van der Waals surface area contributed by atoms with Crippen molar-refractivity contribution in [3.05, 3.63) is 47.5 Å². The molecule has 0 spiro atoms. The van der Waals surface area contributed by atoms with Crippen LogP contribution < -0.4 is 10.0 Å². The first-order valence-electron chi connectivity index (χ1n) is 12.6. The fraction of sp³-hybridized carbons (Fsp3) is 0.538. The van der Waals surface area contributed by atoms with Crippen molar-refractivity contribution in [2.75, 3.05) is 18.4 Å². The van der Waals surface area contributed by atoms with Gasteiger partial charge in [-0.25, -0.2) is 22.5 Å². The first-order valence-corrected chi connectivity index (χ1v) is 14.1. The molecule has 7 nitrogen and oxygen atoms in total. The highest BCUT2D eigenvalue weighted by molar-refractivity contribution is 7.89. The Labute approximate surface area is 205 Å². The predicted octanol–water partition coefficient (Wildman–Crippen LogP) is 4.69. The van der Waals surface area contributed by atoms with Gasteiger partial charge in [-0.05, 0) is 81.5 Å². The topological polar surface area (TPSA) is 88.9 Å². The molecule has 0 bridgehead atoms. The fourth-order valence-corrected chi connectivity index (χ4v) is 6.54. The molecule has 3 aliphatic rings. The molecule has 3 aliphatic carbocycles. The zero-order valence-corrected chi connectivity index (χ0v) is 21.0. The van der Waals surface area contributed by atoms with Crippen molar-refractivity contribution >= 4 is 26.7 Å². The molecule has 0 saturated heterocycles. The first-order chi connectivity index (χ1) is 16.7. The Morgan fingerprint density at radius 1 is 1.11 bits per heavy atom. The number of imidazole rings is 1. The Hall–Kier alpha value is -2.52. The monoisotopic (exact) mass is 497 g/mol. The number of halogens is 1. The van der Waals surface area contributed by atoms with Crippen LogP contribution in [-0.4, -0.2) is 41.7 Å². The summed E-state index contributed by atoms with van der Waals surface area (Å²) in [5, 5.41) is 5.04. The van der Waals surface area contributed by atoms with E-state index in [1.807, 2.05) is 24.5 Å². The van der Waals surface area contributed by atoms with Gasteiger partial charge in [0.1, 0.15) is 5.67 Å². The standard InChI is InChI=1S/C26H32FN5O2S/c1-26(2,27)15-31-35(33,34)24-12-19-18(21-14-29-22(11-20(21)24)17-5-6-17)7-8-23(19)32-10-9-28-25(32)30-13-16-3-4-16/h9-12,14,16-17,23,31H,3-8,13,15H2,1-2H3,(H,28,30)/t23-/m1/s1. The maximum absolute atomic E-state index is 14.2. The number of aromatic nitrogens is 3. The molecule has 0 radical (unpaired) electrons. The van der Waals surface area contributed by atoms with E-state index in [1.165, 1.54) is 26.7 Å². The minimum Gasteiger partial charge on any atom is -0.355 e. The summed E-state index contributed by atoms with van der Waals surface area (Å²) in [5.41, 5.74) is 1.41. The van der Waals surface area contributed by atoms with Crippen molar-refractivity contribution in [2.45, 2.75) is 74.9 Å². The SMILES string of the molecule is CC(C)(F)CNS(=O)(=O)c1cc2c(c3cnc(C4CC4)cc13)CC[C@H]2n1ccnc1NCC1CC1. The number of hydrogen-bond acceptors (Lipinski definition) is 5. The molecule has 2 heterocycles. The normalized spacial score (nSPS) is 20.4. The summed E-state index contributed by atoms with van der Waals surface area (Å²) >= 11 is 0. The van der Waals surface area contributed by atoms with Gasteiger partial charge in [0.2, 0.25) is 16.0 Å². The molecule has 0 amide bonds. The smallest absolute Gasteiger partial charge is 0.241 e. The lowest BCUT2D eigenvalue weighted by atomic mass is 10.00. The Kier molecular flexibility index (Phi) is 5.41. The minimum atomic E-state index is -3.94. The highest BCUT2D eigenvalue weighted by Crippen LogP contribution is 2.45. The number of hydrogen-bond donors (Lipinski definition) is 2. The zero-order valence-electron chi connectivity index (χ0n) is 20.2. The van der Waals surface area contributed by atoms with E-state index >= 15 is 0 Å². The molecule has 2 saturated carbocycles. The van der Waals surface area contributed by atoms with Gasteiger partial charge in [0.25, 0.3) is 0 Å². The molecule has 2 aromatic heterocycles. The number of benzene rings is 1. The van der Waals surface area contributed by atoms with Gasteiger partial charge in [-0.2, -0.15) is 0 Å². The number of nitrogens with zero attached hydrogens (tertiary/aromatic N) is 3. The Balaban J connectivity index is 1.45. The lowest BCUT2D eigenvalue weighted by Gasteiger charge is -2.20. The molecular weight excluding hydrogens is 465 g/mol. The van der Waals surface area contributed by atoms with Crippen LogP contribution in [0.15, 0.2) is 35.6 Å². The van der Waals surface area contributed by atoms with Gasteiger partial charge in [-0.15, -0.1) is 0 Å². The van der Waals surface area contributed by atoms with Gasteiger partial charge in [0, 0.05) is 54.1 Å². The van der Waals surface area contributed by atoms with Crippen LogP contribution in [0.5, 0.6) is 0 Å². The van der Waals surface area contributed by atoms with E-state index in [1.54, 1.807) is 6.20 Å². The average Bonchev–Trinajstić information content (AvgIpc) is 3.74. The molecule has 1 atom stereocenters. The molecule has 2 fully saturated rings. The van der Waals surface area contributed by atoms with E-state index in [9.17, 15) is 12.8 Å². The molecule has 3 aromatic rings. The van der Waals surface area contributed by atoms with Crippen LogP contribution in [0.1, 0.15) is 74.7 Å². The van der Waals surface area contributed by atoms with Crippen LogP contribution in [0.4, 0.5) is 10.3 Å². The summed E-state index contributed by atoms with van der Waals surface area (Å²) in [6.07, 6.45) is 12.0. The Morgan fingerprint density at radius 2 is 1.91 bits per heavy atom. The second kappa shape index (κ2) is 8.27.